The van der Waals surface area contributed by atoms with E-state index >= 15 is 0 Å². The molecule has 0 N–H and O–H groups in total. The number of nitrogens with zero attached hydrogens (tertiary/aromatic N) is 1. The maximum atomic E-state index is 11.9. The van der Waals surface area contributed by atoms with E-state index in [1.807, 2.05) is 30.3 Å². The molecule has 2 aromatic carbocycles. The van der Waals surface area contributed by atoms with Gasteiger partial charge in [-0.15, -0.1) is 0 Å². The molecule has 0 unspecified atom stereocenters. The van der Waals surface area contributed by atoms with Crippen LogP contribution in [-0.2, 0) is 4.74 Å². The molecule has 2 aliphatic rings. The number of hydrogen-bond acceptors (Lipinski definition) is 6. The van der Waals surface area contributed by atoms with Crippen LogP contribution in [0.3, 0.4) is 0 Å². The van der Waals surface area contributed by atoms with Gasteiger partial charge >= 0.3 is 0 Å². The first-order valence-electron chi connectivity index (χ1n) is 8.63. The monoisotopic (exact) mass is 355 g/mol. The SMILES string of the molecule is COc1cc2c(cc1-c1cc(C(C)=O)ccc1N1CCOCC1)OCO2. The minimum atomic E-state index is 0.0273. The van der Waals surface area contributed by atoms with Gasteiger partial charge in [-0.1, -0.05) is 0 Å². The zero-order valence-electron chi connectivity index (χ0n) is 14.9. The van der Waals surface area contributed by atoms with Gasteiger partial charge in [0.05, 0.1) is 20.3 Å². The molecule has 0 atom stereocenters. The van der Waals surface area contributed by atoms with Crippen LogP contribution >= 0.6 is 0 Å². The van der Waals surface area contributed by atoms with E-state index in [0.717, 1.165) is 29.9 Å². The molecule has 0 bridgehead atoms. The van der Waals surface area contributed by atoms with E-state index in [1.165, 1.54) is 0 Å². The lowest BCUT2D eigenvalue weighted by atomic mass is 9.97. The highest BCUT2D eigenvalue weighted by molar-refractivity contribution is 5.97. The van der Waals surface area contributed by atoms with Gasteiger partial charge in [0.1, 0.15) is 5.75 Å². The number of carbonyl (C=O) groups excluding carboxylic acids is 1. The first-order chi connectivity index (χ1) is 12.7. The lowest BCUT2D eigenvalue weighted by Crippen LogP contribution is -2.36. The number of methoxy groups -OCH3 is 1. The number of ether oxygens (including phenoxy) is 4. The number of benzene rings is 2. The number of carbonyl (C=O) groups is 1. The predicted octanol–water partition coefficient (Wildman–Crippen LogP) is 3.13. The summed E-state index contributed by atoms with van der Waals surface area (Å²) in [5, 5.41) is 0. The Bertz CT molecular complexity index is 842. The molecule has 0 amide bonds. The highest BCUT2D eigenvalue weighted by Gasteiger charge is 2.23. The summed E-state index contributed by atoms with van der Waals surface area (Å²) in [7, 11) is 1.63. The Hall–Kier alpha value is -2.73. The van der Waals surface area contributed by atoms with Gasteiger partial charge in [-0.05, 0) is 31.2 Å². The van der Waals surface area contributed by atoms with Crippen molar-refractivity contribution < 1.29 is 23.7 Å². The van der Waals surface area contributed by atoms with Crippen molar-refractivity contribution in [3.05, 3.63) is 35.9 Å². The van der Waals surface area contributed by atoms with E-state index in [2.05, 4.69) is 4.90 Å². The van der Waals surface area contributed by atoms with Gasteiger partial charge in [0, 0.05) is 41.5 Å². The fraction of sp³-hybridized carbons (Fsp3) is 0.350. The highest BCUT2D eigenvalue weighted by Crippen LogP contribution is 2.45. The number of ketones is 1. The van der Waals surface area contributed by atoms with Crippen molar-refractivity contribution in [3.63, 3.8) is 0 Å². The molecule has 136 valence electrons. The average Bonchev–Trinajstić information content (AvgIpc) is 3.14. The van der Waals surface area contributed by atoms with Crippen molar-refractivity contribution in [2.75, 3.05) is 45.1 Å². The summed E-state index contributed by atoms with van der Waals surface area (Å²) in [6, 6.07) is 9.55. The molecule has 4 rings (SSSR count). The van der Waals surface area contributed by atoms with Gasteiger partial charge in [-0.3, -0.25) is 4.79 Å². The van der Waals surface area contributed by atoms with Crippen molar-refractivity contribution in [1.82, 2.24) is 0 Å². The Morgan fingerprint density at radius 2 is 1.77 bits per heavy atom. The van der Waals surface area contributed by atoms with Crippen LogP contribution in [0.25, 0.3) is 11.1 Å². The summed E-state index contributed by atoms with van der Waals surface area (Å²) in [6.45, 7) is 4.76. The topological polar surface area (TPSA) is 57.2 Å². The van der Waals surface area contributed by atoms with Crippen molar-refractivity contribution in [2.45, 2.75) is 6.92 Å². The smallest absolute Gasteiger partial charge is 0.231 e. The van der Waals surface area contributed by atoms with E-state index in [9.17, 15) is 4.79 Å². The summed E-state index contributed by atoms with van der Waals surface area (Å²) >= 11 is 0. The first-order valence-corrected chi connectivity index (χ1v) is 8.63. The third-order valence-electron chi connectivity index (χ3n) is 4.74. The summed E-state index contributed by atoms with van der Waals surface area (Å²) in [5.74, 6) is 2.06. The molecule has 1 saturated heterocycles. The third kappa shape index (κ3) is 2.97. The van der Waals surface area contributed by atoms with Crippen molar-refractivity contribution in [1.29, 1.82) is 0 Å². The number of anilines is 1. The Kier molecular flexibility index (Phi) is 4.42. The minimum Gasteiger partial charge on any atom is -0.496 e. The molecule has 2 heterocycles. The summed E-state index contributed by atoms with van der Waals surface area (Å²) in [5.41, 5.74) is 3.53. The van der Waals surface area contributed by atoms with Crippen molar-refractivity contribution in [2.24, 2.45) is 0 Å². The summed E-state index contributed by atoms with van der Waals surface area (Å²) in [6.07, 6.45) is 0. The Morgan fingerprint density at radius 3 is 2.46 bits per heavy atom. The Morgan fingerprint density at radius 1 is 1.04 bits per heavy atom. The molecule has 2 aromatic rings. The summed E-state index contributed by atoms with van der Waals surface area (Å²) < 4.78 is 22.1. The van der Waals surface area contributed by atoms with Crippen LogP contribution in [-0.4, -0.2) is 46.0 Å². The molecule has 1 fully saturated rings. The molecule has 0 spiro atoms. The van der Waals surface area contributed by atoms with Crippen molar-refractivity contribution >= 4 is 11.5 Å². The zero-order valence-corrected chi connectivity index (χ0v) is 14.9. The molecule has 0 aliphatic carbocycles. The number of fused-ring (bicyclic) bond motifs is 1. The largest absolute Gasteiger partial charge is 0.496 e. The third-order valence-corrected chi connectivity index (χ3v) is 4.74. The van der Waals surface area contributed by atoms with E-state index < -0.39 is 0 Å². The maximum Gasteiger partial charge on any atom is 0.231 e. The molecule has 2 aliphatic heterocycles. The van der Waals surface area contributed by atoms with Crippen LogP contribution in [0.2, 0.25) is 0 Å². The second-order valence-corrected chi connectivity index (χ2v) is 6.29. The van der Waals surface area contributed by atoms with Gasteiger partial charge in [0.2, 0.25) is 6.79 Å². The Labute approximate surface area is 152 Å². The van der Waals surface area contributed by atoms with Gasteiger partial charge in [-0.2, -0.15) is 0 Å². The fourth-order valence-corrected chi connectivity index (χ4v) is 3.35. The van der Waals surface area contributed by atoms with E-state index in [0.29, 0.717) is 36.0 Å². The average molecular weight is 355 g/mol. The fourth-order valence-electron chi connectivity index (χ4n) is 3.35. The molecule has 26 heavy (non-hydrogen) atoms. The Balaban J connectivity index is 1.88. The lowest BCUT2D eigenvalue weighted by Gasteiger charge is -2.31. The number of rotatable bonds is 4. The van der Waals surface area contributed by atoms with Crippen LogP contribution in [0, 0.1) is 0 Å². The first kappa shape index (κ1) is 16.7. The summed E-state index contributed by atoms with van der Waals surface area (Å²) in [4.78, 5) is 14.2. The zero-order chi connectivity index (χ0) is 18.1. The number of hydrogen-bond donors (Lipinski definition) is 0. The quantitative estimate of drug-likeness (QED) is 0.786. The van der Waals surface area contributed by atoms with Gasteiger partial charge < -0.3 is 23.8 Å². The van der Waals surface area contributed by atoms with Crippen LogP contribution in [0.4, 0.5) is 5.69 Å². The van der Waals surface area contributed by atoms with E-state index in [1.54, 1.807) is 14.0 Å². The molecular formula is C20H21NO5. The lowest BCUT2D eigenvalue weighted by molar-refractivity contribution is 0.101. The van der Waals surface area contributed by atoms with Gasteiger partial charge in [0.15, 0.2) is 17.3 Å². The molecule has 6 nitrogen and oxygen atoms in total. The highest BCUT2D eigenvalue weighted by atomic mass is 16.7. The van der Waals surface area contributed by atoms with Crippen molar-refractivity contribution in [3.8, 4) is 28.4 Å². The normalized spacial score (nSPS) is 15.8. The van der Waals surface area contributed by atoms with Crippen LogP contribution in [0.15, 0.2) is 30.3 Å². The van der Waals surface area contributed by atoms with Gasteiger partial charge in [0.25, 0.3) is 0 Å². The minimum absolute atomic E-state index is 0.0273. The van der Waals surface area contributed by atoms with Crippen LogP contribution < -0.4 is 19.1 Å². The predicted molar refractivity (Wildman–Crippen MR) is 97.6 cm³/mol. The van der Waals surface area contributed by atoms with Crippen LogP contribution in [0.5, 0.6) is 17.2 Å². The molecule has 0 radical (unpaired) electrons. The molecular weight excluding hydrogens is 334 g/mol. The van der Waals surface area contributed by atoms with E-state index in [-0.39, 0.29) is 12.6 Å². The van der Waals surface area contributed by atoms with E-state index in [4.69, 9.17) is 18.9 Å². The molecule has 0 aromatic heterocycles. The number of Topliss-reactive ketones (excluding diaryl/α,β-unsaturated/α-hetero) is 1. The maximum absolute atomic E-state index is 11.9. The second-order valence-electron chi connectivity index (χ2n) is 6.29. The van der Waals surface area contributed by atoms with Gasteiger partial charge in [-0.25, -0.2) is 0 Å². The molecule has 6 heteroatoms. The second kappa shape index (κ2) is 6.88. The molecule has 0 saturated carbocycles. The standard InChI is InChI=1S/C20H21NO5/c1-13(22)14-3-4-17(21-5-7-24-8-6-21)15(9-14)16-10-19-20(26-12-25-19)11-18(16)23-2/h3-4,9-11H,5-8,12H2,1-2H3. The number of morpholine rings is 1. The van der Waals surface area contributed by atoms with Crippen LogP contribution in [0.1, 0.15) is 17.3 Å².